The number of hydrogen-bond acceptors (Lipinski definition) is 1. The maximum Gasteiger partial charge on any atom is 0.127 e. The molecule has 3 heteroatoms. The second-order valence-electron chi connectivity index (χ2n) is 3.30. The molecule has 0 bridgehead atoms. The van der Waals surface area contributed by atoms with Gasteiger partial charge in [0.25, 0.3) is 0 Å². The number of rotatable bonds is 3. The lowest BCUT2D eigenvalue weighted by Crippen LogP contribution is -1.86. The molecule has 0 unspecified atom stereocenters. The first-order valence-electron chi connectivity index (χ1n) is 4.87. The summed E-state index contributed by atoms with van der Waals surface area (Å²) in [6.45, 7) is 0. The van der Waals surface area contributed by atoms with Crippen molar-refractivity contribution in [3.8, 4) is 11.5 Å². The molecular formula is C13H10Cl2O. The predicted octanol–water partition coefficient (Wildman–Crippen LogP) is 4.87. The largest absolute Gasteiger partial charge is 0.457 e. The Morgan fingerprint density at radius 3 is 2.38 bits per heavy atom. The quantitative estimate of drug-likeness (QED) is 0.709. The van der Waals surface area contributed by atoms with Crippen LogP contribution in [0.1, 0.15) is 5.56 Å². The SMILES string of the molecule is ClCc1cc(Oc2ccccc2)ccc1Cl. The van der Waals surface area contributed by atoms with Crippen LogP contribution in [0, 0.1) is 0 Å². The van der Waals surface area contributed by atoms with Gasteiger partial charge in [-0.1, -0.05) is 29.8 Å². The van der Waals surface area contributed by atoms with E-state index in [1.807, 2.05) is 42.5 Å². The molecule has 0 aliphatic carbocycles. The van der Waals surface area contributed by atoms with Crippen molar-refractivity contribution in [2.24, 2.45) is 0 Å². The maximum atomic E-state index is 5.96. The summed E-state index contributed by atoms with van der Waals surface area (Å²) in [5.41, 5.74) is 0.872. The van der Waals surface area contributed by atoms with E-state index in [0.717, 1.165) is 17.1 Å². The minimum atomic E-state index is 0.380. The molecule has 0 amide bonds. The topological polar surface area (TPSA) is 9.23 Å². The fraction of sp³-hybridized carbons (Fsp3) is 0.0769. The predicted molar refractivity (Wildman–Crippen MR) is 67.5 cm³/mol. The van der Waals surface area contributed by atoms with Gasteiger partial charge in [-0.2, -0.15) is 0 Å². The van der Waals surface area contributed by atoms with Crippen molar-refractivity contribution in [1.82, 2.24) is 0 Å². The van der Waals surface area contributed by atoms with Crippen LogP contribution in [0.4, 0.5) is 0 Å². The first-order valence-corrected chi connectivity index (χ1v) is 5.78. The molecule has 0 spiro atoms. The number of benzene rings is 2. The van der Waals surface area contributed by atoms with Crippen molar-refractivity contribution in [3.05, 3.63) is 59.1 Å². The molecule has 2 aromatic rings. The Morgan fingerprint density at radius 1 is 0.938 bits per heavy atom. The summed E-state index contributed by atoms with van der Waals surface area (Å²) in [6.07, 6.45) is 0. The van der Waals surface area contributed by atoms with Gasteiger partial charge in [-0.05, 0) is 35.9 Å². The Kier molecular flexibility index (Phi) is 3.70. The number of alkyl halides is 1. The van der Waals surface area contributed by atoms with E-state index in [1.54, 1.807) is 6.07 Å². The Morgan fingerprint density at radius 2 is 1.69 bits per heavy atom. The van der Waals surface area contributed by atoms with Crippen molar-refractivity contribution in [2.75, 3.05) is 0 Å². The molecule has 1 nitrogen and oxygen atoms in total. The van der Waals surface area contributed by atoms with Crippen molar-refractivity contribution in [2.45, 2.75) is 5.88 Å². The van der Waals surface area contributed by atoms with Crippen molar-refractivity contribution in [3.63, 3.8) is 0 Å². The first-order chi connectivity index (χ1) is 7.79. The van der Waals surface area contributed by atoms with Crippen LogP contribution in [0.2, 0.25) is 5.02 Å². The molecule has 0 heterocycles. The van der Waals surface area contributed by atoms with Gasteiger partial charge in [-0.15, -0.1) is 11.6 Å². The lowest BCUT2D eigenvalue weighted by Gasteiger charge is -2.07. The van der Waals surface area contributed by atoms with Crippen LogP contribution in [0.15, 0.2) is 48.5 Å². The molecule has 0 aliphatic heterocycles. The van der Waals surface area contributed by atoms with Gasteiger partial charge in [0.15, 0.2) is 0 Å². The highest BCUT2D eigenvalue weighted by molar-refractivity contribution is 6.32. The minimum Gasteiger partial charge on any atom is -0.457 e. The zero-order chi connectivity index (χ0) is 11.4. The van der Waals surface area contributed by atoms with Gasteiger partial charge < -0.3 is 4.74 Å². The van der Waals surface area contributed by atoms with Crippen molar-refractivity contribution in [1.29, 1.82) is 0 Å². The molecule has 0 aliphatic rings. The Balaban J connectivity index is 2.22. The zero-order valence-corrected chi connectivity index (χ0v) is 10.0. The van der Waals surface area contributed by atoms with E-state index in [0.29, 0.717) is 10.9 Å². The lowest BCUT2D eigenvalue weighted by atomic mass is 10.2. The average molecular weight is 253 g/mol. The normalized spacial score (nSPS) is 10.1. The number of ether oxygens (including phenoxy) is 1. The molecule has 2 aromatic carbocycles. The third kappa shape index (κ3) is 2.69. The first kappa shape index (κ1) is 11.3. The van der Waals surface area contributed by atoms with Gasteiger partial charge in [0.1, 0.15) is 11.5 Å². The number of halogens is 2. The third-order valence-electron chi connectivity index (χ3n) is 2.14. The van der Waals surface area contributed by atoms with E-state index in [1.165, 1.54) is 0 Å². The van der Waals surface area contributed by atoms with E-state index in [9.17, 15) is 0 Å². The maximum absolute atomic E-state index is 5.96. The van der Waals surface area contributed by atoms with Crippen molar-refractivity contribution >= 4 is 23.2 Å². The standard InChI is InChI=1S/C13H10Cl2O/c14-9-10-8-12(6-7-13(10)15)16-11-4-2-1-3-5-11/h1-8H,9H2. The van der Waals surface area contributed by atoms with Crippen LogP contribution in [0.5, 0.6) is 11.5 Å². The molecular weight excluding hydrogens is 243 g/mol. The molecule has 0 radical (unpaired) electrons. The van der Waals surface area contributed by atoms with E-state index >= 15 is 0 Å². The summed E-state index contributed by atoms with van der Waals surface area (Å²) >= 11 is 11.7. The second kappa shape index (κ2) is 5.24. The molecule has 0 atom stereocenters. The molecule has 16 heavy (non-hydrogen) atoms. The second-order valence-corrected chi connectivity index (χ2v) is 3.98. The van der Waals surface area contributed by atoms with Crippen LogP contribution in [-0.2, 0) is 5.88 Å². The zero-order valence-electron chi connectivity index (χ0n) is 8.49. The highest BCUT2D eigenvalue weighted by Gasteiger charge is 2.02. The summed E-state index contributed by atoms with van der Waals surface area (Å²) < 4.78 is 5.66. The molecule has 0 saturated carbocycles. The third-order valence-corrected chi connectivity index (χ3v) is 2.80. The summed E-state index contributed by atoms with van der Waals surface area (Å²) in [7, 11) is 0. The smallest absolute Gasteiger partial charge is 0.127 e. The van der Waals surface area contributed by atoms with Crippen LogP contribution >= 0.6 is 23.2 Å². The van der Waals surface area contributed by atoms with Gasteiger partial charge in [-0.25, -0.2) is 0 Å². The summed E-state index contributed by atoms with van der Waals surface area (Å²) in [6, 6.07) is 15.1. The molecule has 0 saturated heterocycles. The van der Waals surface area contributed by atoms with Crippen LogP contribution < -0.4 is 4.74 Å². The average Bonchev–Trinajstić information content (AvgIpc) is 2.33. The molecule has 2 rings (SSSR count). The Labute approximate surface area is 105 Å². The molecule has 82 valence electrons. The number of para-hydroxylation sites is 1. The van der Waals surface area contributed by atoms with E-state index < -0.39 is 0 Å². The van der Waals surface area contributed by atoms with Gasteiger partial charge in [-0.3, -0.25) is 0 Å². The van der Waals surface area contributed by atoms with Crippen molar-refractivity contribution < 1.29 is 4.74 Å². The highest BCUT2D eigenvalue weighted by Crippen LogP contribution is 2.27. The molecule has 0 aromatic heterocycles. The molecule has 0 fully saturated rings. The summed E-state index contributed by atoms with van der Waals surface area (Å²) in [4.78, 5) is 0. The van der Waals surface area contributed by atoms with Crippen LogP contribution in [-0.4, -0.2) is 0 Å². The summed E-state index contributed by atoms with van der Waals surface area (Å²) in [5.74, 6) is 1.92. The van der Waals surface area contributed by atoms with Crippen LogP contribution in [0.25, 0.3) is 0 Å². The van der Waals surface area contributed by atoms with Crippen LogP contribution in [0.3, 0.4) is 0 Å². The highest BCUT2D eigenvalue weighted by atomic mass is 35.5. The van der Waals surface area contributed by atoms with Gasteiger partial charge >= 0.3 is 0 Å². The fourth-order valence-electron chi connectivity index (χ4n) is 1.34. The van der Waals surface area contributed by atoms with E-state index in [2.05, 4.69) is 0 Å². The monoisotopic (exact) mass is 252 g/mol. The summed E-state index contributed by atoms with van der Waals surface area (Å²) in [5, 5.41) is 0.662. The van der Waals surface area contributed by atoms with Gasteiger partial charge in [0.05, 0.1) is 0 Å². The number of hydrogen-bond donors (Lipinski definition) is 0. The molecule has 0 N–H and O–H groups in total. The minimum absolute atomic E-state index is 0.380. The van der Waals surface area contributed by atoms with E-state index in [-0.39, 0.29) is 0 Å². The Bertz CT molecular complexity index is 469. The Hall–Kier alpha value is -1.18. The lowest BCUT2D eigenvalue weighted by molar-refractivity contribution is 0.482. The van der Waals surface area contributed by atoms with Gasteiger partial charge in [0.2, 0.25) is 0 Å². The fourth-order valence-corrected chi connectivity index (χ4v) is 1.82. The van der Waals surface area contributed by atoms with E-state index in [4.69, 9.17) is 27.9 Å². The van der Waals surface area contributed by atoms with Gasteiger partial charge in [0, 0.05) is 10.9 Å².